The summed E-state index contributed by atoms with van der Waals surface area (Å²) in [6.07, 6.45) is 2.86. The number of furan rings is 1. The van der Waals surface area contributed by atoms with Gasteiger partial charge >= 0.3 is 5.91 Å². The zero-order valence-corrected chi connectivity index (χ0v) is 12.5. The Morgan fingerprint density at radius 2 is 1.91 bits per heavy atom. The van der Waals surface area contributed by atoms with Gasteiger partial charge in [-0.1, -0.05) is 0 Å². The summed E-state index contributed by atoms with van der Waals surface area (Å²) >= 11 is 0. The monoisotopic (exact) mass is 304 g/mol. The minimum atomic E-state index is -0.444. The number of nitrogens with one attached hydrogen (secondary N) is 1. The molecule has 0 bridgehead atoms. The van der Waals surface area contributed by atoms with Crippen molar-refractivity contribution < 1.29 is 23.4 Å². The van der Waals surface area contributed by atoms with Crippen LogP contribution in [0, 0.1) is 0 Å². The standard InChI is InChI=1S/C15H16N2O5/c1-19-11-7-6-10(13(20-2)14(11)21-3)9-16-17-15(18)12-5-4-8-22-12/h4-9H,1-3H3,(H,17,18)/b16-9-. The number of carbonyl (C=O) groups excluding carboxylic acids is 1. The van der Waals surface area contributed by atoms with Gasteiger partial charge in [0.2, 0.25) is 5.75 Å². The lowest BCUT2D eigenvalue weighted by molar-refractivity contribution is 0.0927. The summed E-state index contributed by atoms with van der Waals surface area (Å²) in [4.78, 5) is 11.7. The number of hydrogen-bond acceptors (Lipinski definition) is 6. The Kier molecular flexibility index (Phi) is 5.02. The lowest BCUT2D eigenvalue weighted by atomic mass is 10.2. The second-order valence-electron chi connectivity index (χ2n) is 4.10. The molecule has 1 aromatic carbocycles. The minimum absolute atomic E-state index is 0.177. The van der Waals surface area contributed by atoms with Gasteiger partial charge in [-0.15, -0.1) is 0 Å². The van der Waals surface area contributed by atoms with E-state index in [1.807, 2.05) is 0 Å². The Labute approximate surface area is 127 Å². The van der Waals surface area contributed by atoms with Gasteiger partial charge in [-0.3, -0.25) is 4.79 Å². The van der Waals surface area contributed by atoms with Gasteiger partial charge in [0.05, 0.1) is 33.8 Å². The number of carbonyl (C=O) groups is 1. The lowest BCUT2D eigenvalue weighted by Gasteiger charge is -2.13. The van der Waals surface area contributed by atoms with Crippen LogP contribution >= 0.6 is 0 Å². The van der Waals surface area contributed by atoms with Gasteiger partial charge in [0.25, 0.3) is 0 Å². The van der Waals surface area contributed by atoms with Crippen molar-refractivity contribution in [3.8, 4) is 17.2 Å². The van der Waals surface area contributed by atoms with Gasteiger partial charge in [-0.25, -0.2) is 5.43 Å². The third-order valence-corrected chi connectivity index (χ3v) is 2.85. The fourth-order valence-corrected chi connectivity index (χ4v) is 1.85. The SMILES string of the molecule is COc1ccc(/C=N\NC(=O)c2ccco2)c(OC)c1OC. The molecule has 7 heteroatoms. The molecular formula is C15H16N2O5. The zero-order chi connectivity index (χ0) is 15.9. The van der Waals surface area contributed by atoms with Gasteiger partial charge in [0.1, 0.15) is 0 Å². The summed E-state index contributed by atoms with van der Waals surface area (Å²) in [5.74, 6) is 1.18. The third-order valence-electron chi connectivity index (χ3n) is 2.85. The molecule has 0 fully saturated rings. The number of rotatable bonds is 6. The molecule has 0 aliphatic heterocycles. The highest BCUT2D eigenvalue weighted by atomic mass is 16.5. The molecule has 0 radical (unpaired) electrons. The van der Waals surface area contributed by atoms with Crippen molar-refractivity contribution in [1.82, 2.24) is 5.43 Å². The van der Waals surface area contributed by atoms with Gasteiger partial charge < -0.3 is 18.6 Å². The fraction of sp³-hybridized carbons (Fsp3) is 0.200. The van der Waals surface area contributed by atoms with Crippen LogP contribution in [-0.2, 0) is 0 Å². The van der Waals surface area contributed by atoms with Crippen LogP contribution in [0.1, 0.15) is 16.1 Å². The Balaban J connectivity index is 2.18. The van der Waals surface area contributed by atoms with Crippen LogP contribution in [0.2, 0.25) is 0 Å². The topological polar surface area (TPSA) is 82.3 Å². The maximum absolute atomic E-state index is 11.7. The van der Waals surface area contributed by atoms with Crippen molar-refractivity contribution in [3.63, 3.8) is 0 Å². The molecule has 2 aromatic rings. The summed E-state index contributed by atoms with van der Waals surface area (Å²) in [5.41, 5.74) is 2.98. The van der Waals surface area contributed by atoms with E-state index in [1.165, 1.54) is 33.8 Å². The number of methoxy groups -OCH3 is 3. The number of hydrogen-bond donors (Lipinski definition) is 1. The average molecular weight is 304 g/mol. The van der Waals surface area contributed by atoms with Gasteiger partial charge in [0, 0.05) is 5.56 Å². The Bertz CT molecular complexity index is 665. The molecule has 0 saturated carbocycles. The molecule has 116 valence electrons. The number of hydrazone groups is 1. The van der Waals surface area contributed by atoms with E-state index in [4.69, 9.17) is 18.6 Å². The van der Waals surface area contributed by atoms with Crippen molar-refractivity contribution in [2.24, 2.45) is 5.10 Å². The van der Waals surface area contributed by atoms with Crippen LogP contribution in [0.25, 0.3) is 0 Å². The lowest BCUT2D eigenvalue weighted by Crippen LogP contribution is -2.16. The number of amides is 1. The Morgan fingerprint density at radius 1 is 1.14 bits per heavy atom. The first-order chi connectivity index (χ1) is 10.7. The Morgan fingerprint density at radius 3 is 2.50 bits per heavy atom. The highest BCUT2D eigenvalue weighted by Crippen LogP contribution is 2.38. The molecule has 0 spiro atoms. The molecule has 1 heterocycles. The van der Waals surface area contributed by atoms with Crippen LogP contribution in [0.3, 0.4) is 0 Å². The van der Waals surface area contributed by atoms with E-state index in [0.717, 1.165) is 0 Å². The van der Waals surface area contributed by atoms with Crippen molar-refractivity contribution >= 4 is 12.1 Å². The predicted molar refractivity (Wildman–Crippen MR) is 79.9 cm³/mol. The molecule has 22 heavy (non-hydrogen) atoms. The number of benzene rings is 1. The van der Waals surface area contributed by atoms with Crippen LogP contribution in [0.15, 0.2) is 40.0 Å². The van der Waals surface area contributed by atoms with E-state index in [2.05, 4.69) is 10.5 Å². The van der Waals surface area contributed by atoms with Crippen molar-refractivity contribution in [3.05, 3.63) is 41.9 Å². The summed E-state index contributed by atoms with van der Waals surface area (Å²) in [7, 11) is 4.56. The van der Waals surface area contributed by atoms with E-state index in [-0.39, 0.29) is 5.76 Å². The van der Waals surface area contributed by atoms with Crippen molar-refractivity contribution in [2.45, 2.75) is 0 Å². The molecule has 0 aliphatic rings. The maximum Gasteiger partial charge on any atom is 0.307 e. The summed E-state index contributed by atoms with van der Waals surface area (Å²) < 4.78 is 20.7. The predicted octanol–water partition coefficient (Wildman–Crippen LogP) is 2.07. The molecule has 1 amide bonds. The smallest absolute Gasteiger partial charge is 0.307 e. The number of ether oxygens (including phenoxy) is 3. The highest BCUT2D eigenvalue weighted by Gasteiger charge is 2.14. The second-order valence-corrected chi connectivity index (χ2v) is 4.10. The minimum Gasteiger partial charge on any atom is -0.493 e. The summed E-state index contributed by atoms with van der Waals surface area (Å²) in [6.45, 7) is 0. The highest BCUT2D eigenvalue weighted by molar-refractivity contribution is 5.93. The molecule has 7 nitrogen and oxygen atoms in total. The quantitative estimate of drug-likeness (QED) is 0.652. The number of nitrogens with zero attached hydrogens (tertiary/aromatic N) is 1. The molecule has 1 aromatic heterocycles. The van der Waals surface area contributed by atoms with Crippen LogP contribution in [-0.4, -0.2) is 33.5 Å². The average Bonchev–Trinajstić information content (AvgIpc) is 3.08. The fourth-order valence-electron chi connectivity index (χ4n) is 1.85. The van der Waals surface area contributed by atoms with Crippen LogP contribution in [0.5, 0.6) is 17.2 Å². The van der Waals surface area contributed by atoms with Gasteiger partial charge in [-0.2, -0.15) is 5.10 Å². The third kappa shape index (κ3) is 3.20. The van der Waals surface area contributed by atoms with E-state index < -0.39 is 5.91 Å². The largest absolute Gasteiger partial charge is 0.493 e. The molecule has 2 rings (SSSR count). The zero-order valence-electron chi connectivity index (χ0n) is 12.5. The normalized spacial score (nSPS) is 10.5. The molecule has 1 N–H and O–H groups in total. The Hall–Kier alpha value is -2.96. The van der Waals surface area contributed by atoms with E-state index >= 15 is 0 Å². The first-order valence-electron chi connectivity index (χ1n) is 6.37. The summed E-state index contributed by atoms with van der Waals surface area (Å²) in [5, 5.41) is 3.88. The molecule has 0 aliphatic carbocycles. The van der Waals surface area contributed by atoms with Crippen LogP contribution < -0.4 is 19.6 Å². The first-order valence-corrected chi connectivity index (χ1v) is 6.37. The molecular weight excluding hydrogens is 288 g/mol. The van der Waals surface area contributed by atoms with Crippen molar-refractivity contribution in [1.29, 1.82) is 0 Å². The first kappa shape index (κ1) is 15.4. The van der Waals surface area contributed by atoms with Gasteiger partial charge in [-0.05, 0) is 24.3 Å². The van der Waals surface area contributed by atoms with E-state index in [1.54, 1.807) is 24.3 Å². The maximum atomic E-state index is 11.7. The molecule has 0 unspecified atom stereocenters. The van der Waals surface area contributed by atoms with Crippen LogP contribution in [0.4, 0.5) is 0 Å². The second kappa shape index (κ2) is 7.16. The molecule has 0 saturated heterocycles. The molecule has 0 atom stereocenters. The van der Waals surface area contributed by atoms with Crippen molar-refractivity contribution in [2.75, 3.05) is 21.3 Å². The van der Waals surface area contributed by atoms with Gasteiger partial charge in [0.15, 0.2) is 17.3 Å². The van der Waals surface area contributed by atoms with E-state index in [0.29, 0.717) is 22.8 Å². The summed E-state index contributed by atoms with van der Waals surface area (Å²) in [6, 6.07) is 6.62. The van der Waals surface area contributed by atoms with E-state index in [9.17, 15) is 4.79 Å².